The van der Waals surface area contributed by atoms with Gasteiger partial charge in [-0.05, 0) is 39.2 Å². The Bertz CT molecular complexity index is 645. The first kappa shape index (κ1) is 16.7. The molecule has 1 aliphatic rings. The number of thiazole rings is 1. The summed E-state index contributed by atoms with van der Waals surface area (Å²) in [5, 5.41) is 1.05. The van der Waals surface area contributed by atoms with Crippen LogP contribution in [0.25, 0.3) is 9.53 Å². The summed E-state index contributed by atoms with van der Waals surface area (Å²) in [6.07, 6.45) is 3.26. The summed E-state index contributed by atoms with van der Waals surface area (Å²) < 4.78 is 1.11. The van der Waals surface area contributed by atoms with Crippen LogP contribution >= 0.6 is 22.7 Å². The summed E-state index contributed by atoms with van der Waals surface area (Å²) >= 11 is 3.19. The molecule has 3 heterocycles. The highest BCUT2D eigenvalue weighted by molar-refractivity contribution is 7.29. The van der Waals surface area contributed by atoms with Crippen molar-refractivity contribution in [3.8, 4) is 0 Å². The Balaban J connectivity index is 1.83. The van der Waals surface area contributed by atoms with E-state index in [4.69, 9.17) is 10.7 Å². The first-order valence-corrected chi connectivity index (χ1v) is 9.97. The normalized spacial score (nSPS) is 18.6. The van der Waals surface area contributed by atoms with Gasteiger partial charge in [0.1, 0.15) is 4.83 Å². The van der Waals surface area contributed by atoms with Crippen LogP contribution in [0.3, 0.4) is 0 Å². The molecule has 1 atom stereocenters. The molecule has 2 N–H and O–H groups in total. The van der Waals surface area contributed by atoms with Crippen molar-refractivity contribution in [1.29, 1.82) is 0 Å². The van der Waals surface area contributed by atoms with E-state index in [1.165, 1.54) is 17.8 Å². The third-order valence-corrected chi connectivity index (χ3v) is 6.69. The third kappa shape index (κ3) is 3.22. The Morgan fingerprint density at radius 2 is 2.17 bits per heavy atom. The second-order valence-electron chi connectivity index (χ2n) is 5.83. The minimum absolute atomic E-state index is 0.125. The minimum Gasteiger partial charge on any atom is -0.349 e. The van der Waals surface area contributed by atoms with Crippen molar-refractivity contribution >= 4 is 43.2 Å². The lowest BCUT2D eigenvalue weighted by Gasteiger charge is -2.34. The van der Waals surface area contributed by atoms with Gasteiger partial charge >= 0.3 is 0 Å². The lowest BCUT2D eigenvalue weighted by Crippen LogP contribution is -2.47. The number of fused-ring (bicyclic) bond motifs is 1. The van der Waals surface area contributed by atoms with E-state index in [1.807, 2.05) is 11.0 Å². The van der Waals surface area contributed by atoms with Crippen molar-refractivity contribution in [2.75, 3.05) is 31.1 Å². The number of piperidine rings is 1. The molecule has 0 aliphatic carbocycles. The van der Waals surface area contributed by atoms with Crippen LogP contribution < -0.4 is 10.6 Å². The minimum atomic E-state index is 0.125. The van der Waals surface area contributed by atoms with Gasteiger partial charge in [-0.1, -0.05) is 11.3 Å². The summed E-state index contributed by atoms with van der Waals surface area (Å²) in [6, 6.07) is 2.20. The summed E-state index contributed by atoms with van der Waals surface area (Å²) in [7, 11) is 0. The smallest absolute Gasteiger partial charge is 0.264 e. The van der Waals surface area contributed by atoms with E-state index in [0.29, 0.717) is 6.54 Å². The second kappa shape index (κ2) is 7.15. The number of likely N-dealkylation sites (tertiary alicyclic amines) is 1. The fourth-order valence-corrected chi connectivity index (χ4v) is 5.41. The van der Waals surface area contributed by atoms with Gasteiger partial charge in [0, 0.05) is 32.2 Å². The Labute approximate surface area is 145 Å². The predicted molar refractivity (Wildman–Crippen MR) is 98.8 cm³/mol. The molecule has 2 aromatic heterocycles. The maximum atomic E-state index is 12.8. The first-order valence-electron chi connectivity index (χ1n) is 8.34. The van der Waals surface area contributed by atoms with E-state index < -0.39 is 0 Å². The number of carbonyl (C=O) groups is 1. The zero-order valence-corrected chi connectivity index (χ0v) is 15.4. The molecule has 7 heteroatoms. The van der Waals surface area contributed by atoms with Gasteiger partial charge in [0.2, 0.25) is 0 Å². The lowest BCUT2D eigenvalue weighted by atomic mass is 10.0. The number of hydrogen-bond acceptors (Lipinski definition) is 6. The van der Waals surface area contributed by atoms with Crippen molar-refractivity contribution in [3.05, 3.63) is 10.9 Å². The Morgan fingerprint density at radius 3 is 2.83 bits per heavy atom. The van der Waals surface area contributed by atoms with Crippen LogP contribution in [0.2, 0.25) is 0 Å². The van der Waals surface area contributed by atoms with Gasteiger partial charge in [-0.2, -0.15) is 0 Å². The molecular formula is C16H24N4OS2. The van der Waals surface area contributed by atoms with E-state index in [2.05, 4.69) is 18.7 Å². The fraction of sp³-hybridized carbons (Fsp3) is 0.625. The van der Waals surface area contributed by atoms with Gasteiger partial charge in [0.15, 0.2) is 5.13 Å². The van der Waals surface area contributed by atoms with Crippen LogP contribution in [0.15, 0.2) is 6.07 Å². The molecule has 0 bridgehead atoms. The maximum Gasteiger partial charge on any atom is 0.264 e. The molecule has 5 nitrogen and oxygen atoms in total. The molecule has 1 fully saturated rings. The average Bonchev–Trinajstić information content (AvgIpc) is 3.14. The van der Waals surface area contributed by atoms with E-state index >= 15 is 0 Å². The largest absolute Gasteiger partial charge is 0.349 e. The molecule has 1 saturated heterocycles. The molecule has 1 amide bonds. The van der Waals surface area contributed by atoms with Crippen molar-refractivity contribution < 1.29 is 4.79 Å². The van der Waals surface area contributed by atoms with Gasteiger partial charge < -0.3 is 15.5 Å². The highest BCUT2D eigenvalue weighted by Crippen LogP contribution is 2.35. The van der Waals surface area contributed by atoms with Gasteiger partial charge in [0.25, 0.3) is 5.91 Å². The molecule has 1 unspecified atom stereocenters. The lowest BCUT2D eigenvalue weighted by molar-refractivity contribution is 0.0628. The average molecular weight is 353 g/mol. The zero-order chi connectivity index (χ0) is 16.4. The first-order chi connectivity index (χ1) is 11.2. The number of anilines is 1. The molecule has 0 aromatic carbocycles. The third-order valence-electron chi connectivity index (χ3n) is 4.48. The van der Waals surface area contributed by atoms with Gasteiger partial charge in [-0.3, -0.25) is 4.79 Å². The molecule has 126 valence electrons. The van der Waals surface area contributed by atoms with Crippen molar-refractivity contribution in [2.45, 2.75) is 39.2 Å². The number of rotatable bonds is 5. The predicted octanol–water partition coefficient (Wildman–Crippen LogP) is 3.16. The molecule has 23 heavy (non-hydrogen) atoms. The highest BCUT2D eigenvalue weighted by atomic mass is 32.1. The second-order valence-corrected chi connectivity index (χ2v) is 7.87. The van der Waals surface area contributed by atoms with E-state index in [1.54, 1.807) is 11.3 Å². The van der Waals surface area contributed by atoms with E-state index in [9.17, 15) is 4.79 Å². The Hall–Kier alpha value is -1.18. The Morgan fingerprint density at radius 1 is 1.39 bits per heavy atom. The summed E-state index contributed by atoms with van der Waals surface area (Å²) in [6.45, 7) is 7.55. The van der Waals surface area contributed by atoms with Crippen LogP contribution in [0.4, 0.5) is 5.13 Å². The van der Waals surface area contributed by atoms with Gasteiger partial charge in [0.05, 0.1) is 9.58 Å². The fourth-order valence-electron chi connectivity index (χ4n) is 3.11. The summed E-state index contributed by atoms with van der Waals surface area (Å²) in [4.78, 5) is 23.5. The van der Waals surface area contributed by atoms with Crippen LogP contribution in [0.1, 0.15) is 42.8 Å². The molecule has 0 spiro atoms. The molecule has 1 aliphatic heterocycles. The number of carbonyl (C=O) groups excluding carboxylic acids is 1. The van der Waals surface area contributed by atoms with Crippen LogP contribution in [-0.2, 0) is 0 Å². The quantitative estimate of drug-likeness (QED) is 0.898. The van der Waals surface area contributed by atoms with Gasteiger partial charge in [-0.15, -0.1) is 11.3 Å². The maximum absolute atomic E-state index is 12.8. The van der Waals surface area contributed by atoms with Crippen LogP contribution in [-0.4, -0.2) is 48.0 Å². The number of nitrogens with zero attached hydrogens (tertiary/aromatic N) is 3. The molecule has 2 aromatic rings. The molecule has 0 radical (unpaired) electrons. The number of thiophene rings is 1. The number of hydrogen-bond donors (Lipinski definition) is 1. The molecule has 3 rings (SSSR count). The topological polar surface area (TPSA) is 62.5 Å². The summed E-state index contributed by atoms with van der Waals surface area (Å²) in [5.74, 6) is 0.125. The van der Waals surface area contributed by atoms with E-state index in [0.717, 1.165) is 52.0 Å². The zero-order valence-electron chi connectivity index (χ0n) is 13.7. The molecular weight excluding hydrogens is 328 g/mol. The molecule has 0 saturated carbocycles. The monoisotopic (exact) mass is 352 g/mol. The van der Waals surface area contributed by atoms with Crippen molar-refractivity contribution in [1.82, 2.24) is 9.88 Å². The van der Waals surface area contributed by atoms with Crippen molar-refractivity contribution in [2.24, 2.45) is 5.73 Å². The van der Waals surface area contributed by atoms with E-state index in [-0.39, 0.29) is 11.9 Å². The number of aromatic nitrogens is 1. The number of nitrogens with two attached hydrogens (primary N) is 1. The van der Waals surface area contributed by atoms with Crippen LogP contribution in [0, 0.1) is 0 Å². The van der Waals surface area contributed by atoms with Crippen LogP contribution in [0.5, 0.6) is 0 Å². The Kier molecular flexibility index (Phi) is 5.18. The number of amides is 1. The van der Waals surface area contributed by atoms with Crippen molar-refractivity contribution in [3.63, 3.8) is 0 Å². The highest BCUT2D eigenvalue weighted by Gasteiger charge is 2.28. The summed E-state index contributed by atoms with van der Waals surface area (Å²) in [5.41, 5.74) is 5.84. The SMILES string of the molecule is CCN(CC)c1nc2sc(C(=O)N3CCCCC3CN)cc2s1. The standard InChI is InChI=1S/C16H24N4OS2/c1-3-19(4-2)16-18-14-12(23-16)9-13(22-14)15(21)20-8-6-5-7-11(20)10-17/h9,11H,3-8,10,17H2,1-2H3. The van der Waals surface area contributed by atoms with Gasteiger partial charge in [-0.25, -0.2) is 4.98 Å².